The van der Waals surface area contributed by atoms with Crippen molar-refractivity contribution in [2.24, 2.45) is 5.92 Å². The van der Waals surface area contributed by atoms with Crippen LogP contribution in [-0.4, -0.2) is 5.91 Å². The number of amides is 1. The number of carbonyl (C=O) groups is 1. The predicted molar refractivity (Wildman–Crippen MR) is 84.4 cm³/mol. The van der Waals surface area contributed by atoms with Crippen molar-refractivity contribution in [2.75, 3.05) is 5.32 Å². The lowest BCUT2D eigenvalue weighted by atomic mass is 10.0. The first kappa shape index (κ1) is 17.1. The van der Waals surface area contributed by atoms with Gasteiger partial charge in [-0.25, -0.2) is 0 Å². The fourth-order valence-corrected chi connectivity index (χ4v) is 2.37. The van der Waals surface area contributed by atoms with E-state index in [4.69, 9.17) is 0 Å². The van der Waals surface area contributed by atoms with Crippen LogP contribution in [0.4, 0.5) is 18.9 Å². The average molecular weight is 321 g/mol. The predicted octanol–water partition coefficient (Wildman–Crippen LogP) is 5.16. The number of alkyl halides is 3. The first-order chi connectivity index (χ1) is 10.8. The van der Waals surface area contributed by atoms with Gasteiger partial charge >= 0.3 is 6.18 Å². The van der Waals surface area contributed by atoms with Crippen molar-refractivity contribution in [2.45, 2.75) is 26.4 Å². The number of rotatable bonds is 4. The van der Waals surface area contributed by atoms with Crippen LogP contribution in [0.2, 0.25) is 0 Å². The molecule has 0 bridgehead atoms. The van der Waals surface area contributed by atoms with Gasteiger partial charge in [0.05, 0.1) is 11.1 Å². The topological polar surface area (TPSA) is 29.1 Å². The number of nitrogens with one attached hydrogen (secondary N) is 1. The lowest BCUT2D eigenvalue weighted by molar-refractivity contribution is -0.137. The zero-order valence-electron chi connectivity index (χ0n) is 12.9. The summed E-state index contributed by atoms with van der Waals surface area (Å²) < 4.78 is 38.9. The number of benzene rings is 2. The number of halogens is 3. The Morgan fingerprint density at radius 2 is 1.78 bits per heavy atom. The molecule has 0 heterocycles. The molecular formula is C18H18F3NO. The molecule has 0 unspecified atom stereocenters. The molecule has 0 aliphatic carbocycles. The van der Waals surface area contributed by atoms with Crippen molar-refractivity contribution in [3.63, 3.8) is 0 Å². The minimum absolute atomic E-state index is 0.380. The molecule has 122 valence electrons. The summed E-state index contributed by atoms with van der Waals surface area (Å²) >= 11 is 0. The highest BCUT2D eigenvalue weighted by atomic mass is 19.4. The number of carbonyl (C=O) groups excluding carboxylic acids is 1. The Morgan fingerprint density at radius 1 is 1.09 bits per heavy atom. The summed E-state index contributed by atoms with van der Waals surface area (Å²) in [7, 11) is 0. The maximum absolute atomic E-state index is 13.0. The van der Waals surface area contributed by atoms with Crippen molar-refractivity contribution in [1.29, 1.82) is 0 Å². The summed E-state index contributed by atoms with van der Waals surface area (Å²) in [4.78, 5) is 12.2. The van der Waals surface area contributed by atoms with Gasteiger partial charge in [0, 0.05) is 5.69 Å². The van der Waals surface area contributed by atoms with Gasteiger partial charge < -0.3 is 5.32 Å². The minimum Gasteiger partial charge on any atom is -0.322 e. The molecule has 0 aliphatic heterocycles. The van der Waals surface area contributed by atoms with Gasteiger partial charge in [0.15, 0.2) is 0 Å². The number of anilines is 1. The van der Waals surface area contributed by atoms with Crippen molar-refractivity contribution >= 4 is 11.6 Å². The second-order valence-corrected chi connectivity index (χ2v) is 5.80. The molecule has 0 fully saturated rings. The molecule has 2 rings (SSSR count). The molecule has 0 aromatic heterocycles. The van der Waals surface area contributed by atoms with Gasteiger partial charge in [-0.3, -0.25) is 4.79 Å². The van der Waals surface area contributed by atoms with E-state index in [9.17, 15) is 18.0 Å². The summed E-state index contributed by atoms with van der Waals surface area (Å²) in [5, 5.41) is 2.55. The van der Waals surface area contributed by atoms with E-state index in [1.165, 1.54) is 18.2 Å². The maximum Gasteiger partial charge on any atom is 0.417 e. The molecule has 23 heavy (non-hydrogen) atoms. The standard InChI is InChI=1S/C18H18F3NO/c1-12(2)10-13-6-5-7-14(11-13)22-17(23)15-8-3-4-9-16(15)18(19,20)21/h3-9,11-12H,10H2,1-2H3,(H,22,23). The van der Waals surface area contributed by atoms with Gasteiger partial charge in [0.25, 0.3) is 5.91 Å². The van der Waals surface area contributed by atoms with Crippen molar-refractivity contribution in [1.82, 2.24) is 0 Å². The van der Waals surface area contributed by atoms with Gasteiger partial charge in [0.2, 0.25) is 0 Å². The van der Waals surface area contributed by atoms with Crippen LogP contribution in [0.15, 0.2) is 48.5 Å². The Hall–Kier alpha value is -2.30. The van der Waals surface area contributed by atoms with Gasteiger partial charge in [-0.2, -0.15) is 13.2 Å². The molecule has 0 saturated heterocycles. The SMILES string of the molecule is CC(C)Cc1cccc(NC(=O)c2ccccc2C(F)(F)F)c1. The van der Waals surface area contributed by atoms with Crippen molar-refractivity contribution in [3.05, 3.63) is 65.2 Å². The minimum atomic E-state index is -4.56. The van der Waals surface area contributed by atoms with E-state index in [-0.39, 0.29) is 5.56 Å². The van der Waals surface area contributed by atoms with Gasteiger partial charge in [-0.15, -0.1) is 0 Å². The molecule has 1 amide bonds. The van der Waals surface area contributed by atoms with Crippen LogP contribution in [0, 0.1) is 5.92 Å². The lowest BCUT2D eigenvalue weighted by Gasteiger charge is -2.13. The zero-order valence-corrected chi connectivity index (χ0v) is 12.9. The Labute approximate surface area is 133 Å². The Morgan fingerprint density at radius 3 is 2.43 bits per heavy atom. The Bertz CT molecular complexity index is 693. The Kier molecular flexibility index (Phi) is 5.08. The molecule has 2 aromatic rings. The smallest absolute Gasteiger partial charge is 0.322 e. The molecule has 0 radical (unpaired) electrons. The normalized spacial score (nSPS) is 11.6. The fraction of sp³-hybridized carbons (Fsp3) is 0.278. The van der Waals surface area contributed by atoms with Crippen molar-refractivity contribution < 1.29 is 18.0 Å². The third-order valence-electron chi connectivity index (χ3n) is 3.31. The highest BCUT2D eigenvalue weighted by Gasteiger charge is 2.34. The summed E-state index contributed by atoms with van der Waals surface area (Å²) in [6.07, 6.45) is -3.73. The molecule has 0 saturated carbocycles. The van der Waals surface area contributed by atoms with Crippen LogP contribution >= 0.6 is 0 Å². The summed E-state index contributed by atoms with van der Waals surface area (Å²) in [5.74, 6) is -0.313. The fourth-order valence-electron chi connectivity index (χ4n) is 2.37. The molecule has 0 atom stereocenters. The quantitative estimate of drug-likeness (QED) is 0.828. The van der Waals surface area contributed by atoms with Crippen LogP contribution in [0.3, 0.4) is 0 Å². The van der Waals surface area contributed by atoms with E-state index in [1.54, 1.807) is 18.2 Å². The molecule has 2 nitrogen and oxygen atoms in total. The highest BCUT2D eigenvalue weighted by Crippen LogP contribution is 2.32. The van der Waals surface area contributed by atoms with E-state index < -0.39 is 17.6 Å². The maximum atomic E-state index is 13.0. The van der Waals surface area contributed by atoms with Crippen LogP contribution in [0.1, 0.15) is 35.3 Å². The van der Waals surface area contributed by atoms with Crippen LogP contribution in [0.25, 0.3) is 0 Å². The first-order valence-corrected chi connectivity index (χ1v) is 7.34. The van der Waals surface area contributed by atoms with E-state index in [0.717, 1.165) is 18.1 Å². The Balaban J connectivity index is 2.23. The first-order valence-electron chi connectivity index (χ1n) is 7.34. The third kappa shape index (κ3) is 4.58. The lowest BCUT2D eigenvalue weighted by Crippen LogP contribution is -2.18. The van der Waals surface area contributed by atoms with Crippen LogP contribution in [-0.2, 0) is 12.6 Å². The molecule has 0 aliphatic rings. The third-order valence-corrected chi connectivity index (χ3v) is 3.31. The molecular weight excluding hydrogens is 303 g/mol. The van der Waals surface area contributed by atoms with E-state index in [0.29, 0.717) is 11.6 Å². The summed E-state index contributed by atoms with van der Waals surface area (Å²) in [5.41, 5.74) is 0.206. The monoisotopic (exact) mass is 321 g/mol. The zero-order chi connectivity index (χ0) is 17.0. The van der Waals surface area contributed by atoms with Gasteiger partial charge in [0.1, 0.15) is 0 Å². The molecule has 0 spiro atoms. The summed E-state index contributed by atoms with van der Waals surface area (Å²) in [6, 6.07) is 11.9. The van der Waals surface area contributed by atoms with Crippen LogP contribution < -0.4 is 5.32 Å². The molecule has 2 aromatic carbocycles. The number of hydrogen-bond donors (Lipinski definition) is 1. The highest BCUT2D eigenvalue weighted by molar-refractivity contribution is 6.05. The molecule has 1 N–H and O–H groups in total. The van der Waals surface area contributed by atoms with Gasteiger partial charge in [-0.05, 0) is 42.2 Å². The summed E-state index contributed by atoms with van der Waals surface area (Å²) in [6.45, 7) is 4.15. The number of hydrogen-bond acceptors (Lipinski definition) is 1. The largest absolute Gasteiger partial charge is 0.417 e. The van der Waals surface area contributed by atoms with Gasteiger partial charge in [-0.1, -0.05) is 38.1 Å². The van der Waals surface area contributed by atoms with E-state index in [1.807, 2.05) is 6.07 Å². The van der Waals surface area contributed by atoms with Crippen molar-refractivity contribution in [3.8, 4) is 0 Å². The average Bonchev–Trinajstić information content (AvgIpc) is 2.46. The van der Waals surface area contributed by atoms with E-state index >= 15 is 0 Å². The van der Waals surface area contributed by atoms with Crippen LogP contribution in [0.5, 0.6) is 0 Å². The second-order valence-electron chi connectivity index (χ2n) is 5.80. The second kappa shape index (κ2) is 6.86. The molecule has 5 heteroatoms. The van der Waals surface area contributed by atoms with E-state index in [2.05, 4.69) is 19.2 Å².